The van der Waals surface area contributed by atoms with E-state index in [9.17, 15) is 24.0 Å². The molecule has 4 N–H and O–H groups in total. The number of imidazole rings is 1. The second-order valence-corrected chi connectivity index (χ2v) is 13.3. The van der Waals surface area contributed by atoms with E-state index in [4.69, 9.17) is 26.8 Å². The van der Waals surface area contributed by atoms with Gasteiger partial charge in [0.1, 0.15) is 24.0 Å². The summed E-state index contributed by atoms with van der Waals surface area (Å²) < 4.78 is 14.3. The molecular weight excluding hydrogens is 626 g/mol. The standard InChI is InChI=1S/C34H44ClN5O7/c1-34(2,3)47-32(44)37-23(14-17-28(36)41)20-46-27-12-8-11-22(30(27)35)10-7-5-6-9-21-13-15-24-26(19-21)39(4)33(45)40(24)25-16-18-29(42)38-31(25)43/h8,11-13,15,19,23,25H,5-7,9-10,14,16-18,20H2,1-4H3,(H2,36,41)(H,37,44)(H,38,42,43). The second kappa shape index (κ2) is 15.5. The number of hydrogen-bond acceptors (Lipinski definition) is 7. The molecule has 0 saturated carbocycles. The molecule has 0 bridgehead atoms. The van der Waals surface area contributed by atoms with E-state index < -0.39 is 35.6 Å². The SMILES string of the molecule is Cn1c(=O)n(C2CCC(=O)NC2=O)c2ccc(CCCCCc3cccc(OCC(CCC(N)=O)NC(=O)OC(C)(C)C)c3Cl)cc21. The molecule has 1 aromatic heterocycles. The van der Waals surface area contributed by atoms with Crippen molar-refractivity contribution in [2.24, 2.45) is 12.8 Å². The molecule has 13 heteroatoms. The van der Waals surface area contributed by atoms with Gasteiger partial charge >= 0.3 is 11.8 Å². The summed E-state index contributed by atoms with van der Waals surface area (Å²) in [5.74, 6) is -0.753. The molecular formula is C34H44ClN5O7. The quantitative estimate of drug-likeness (QED) is 0.168. The molecule has 1 fully saturated rings. The molecule has 254 valence electrons. The highest BCUT2D eigenvalue weighted by atomic mass is 35.5. The summed E-state index contributed by atoms with van der Waals surface area (Å²) in [6.45, 7) is 5.38. The van der Waals surface area contributed by atoms with Gasteiger partial charge in [0.2, 0.25) is 17.7 Å². The van der Waals surface area contributed by atoms with Crippen LogP contribution in [0.3, 0.4) is 0 Å². The zero-order chi connectivity index (χ0) is 34.3. The van der Waals surface area contributed by atoms with Crippen molar-refractivity contribution >= 4 is 46.4 Å². The third-order valence-corrected chi connectivity index (χ3v) is 8.46. The van der Waals surface area contributed by atoms with E-state index >= 15 is 0 Å². The number of rotatable bonds is 14. The molecule has 3 aromatic rings. The number of aromatic nitrogens is 2. The van der Waals surface area contributed by atoms with Gasteiger partial charge < -0.3 is 20.5 Å². The number of carbonyl (C=O) groups excluding carboxylic acids is 4. The van der Waals surface area contributed by atoms with Gasteiger partial charge in [0.25, 0.3) is 0 Å². The van der Waals surface area contributed by atoms with E-state index in [1.165, 1.54) is 4.57 Å². The van der Waals surface area contributed by atoms with Crippen molar-refractivity contribution in [2.75, 3.05) is 6.61 Å². The van der Waals surface area contributed by atoms with Crippen molar-refractivity contribution in [2.45, 2.75) is 96.2 Å². The van der Waals surface area contributed by atoms with Crippen molar-refractivity contribution < 1.29 is 28.7 Å². The van der Waals surface area contributed by atoms with Gasteiger partial charge in [-0.1, -0.05) is 36.2 Å². The van der Waals surface area contributed by atoms with E-state index in [1.807, 2.05) is 30.3 Å². The monoisotopic (exact) mass is 669 g/mol. The van der Waals surface area contributed by atoms with Crippen LogP contribution in [0.4, 0.5) is 4.79 Å². The van der Waals surface area contributed by atoms with E-state index in [0.29, 0.717) is 29.1 Å². The largest absolute Gasteiger partial charge is 0.490 e. The predicted octanol–water partition coefficient (Wildman–Crippen LogP) is 4.46. The third-order valence-electron chi connectivity index (χ3n) is 8.03. The van der Waals surface area contributed by atoms with Gasteiger partial charge in [0.05, 0.1) is 22.1 Å². The fraction of sp³-hybridized carbons (Fsp3) is 0.500. The van der Waals surface area contributed by atoms with Crippen molar-refractivity contribution in [1.29, 1.82) is 0 Å². The maximum atomic E-state index is 13.0. The number of nitrogens with one attached hydrogen (secondary N) is 2. The molecule has 2 unspecified atom stereocenters. The third kappa shape index (κ3) is 9.60. The van der Waals surface area contributed by atoms with Crippen LogP contribution >= 0.6 is 11.6 Å². The number of nitrogens with zero attached hydrogens (tertiary/aromatic N) is 2. The number of piperidine rings is 1. The van der Waals surface area contributed by atoms with Crippen LogP contribution < -0.4 is 26.8 Å². The Kier molecular flexibility index (Phi) is 11.7. The molecule has 4 amide bonds. The molecule has 0 radical (unpaired) electrons. The lowest BCUT2D eigenvalue weighted by Crippen LogP contribution is -2.44. The average molecular weight is 670 g/mol. The van der Waals surface area contributed by atoms with Crippen molar-refractivity contribution in [3.05, 3.63) is 63.0 Å². The number of unbranched alkanes of at least 4 members (excludes halogenated alkanes) is 2. The zero-order valence-electron chi connectivity index (χ0n) is 27.4. The normalized spacial score (nSPS) is 15.7. The average Bonchev–Trinajstić information content (AvgIpc) is 3.23. The molecule has 47 heavy (non-hydrogen) atoms. The van der Waals surface area contributed by atoms with Crippen molar-refractivity contribution in [3.63, 3.8) is 0 Å². The Morgan fingerprint density at radius 2 is 1.83 bits per heavy atom. The highest BCUT2D eigenvalue weighted by Gasteiger charge is 2.31. The molecule has 1 saturated heterocycles. The van der Waals surface area contributed by atoms with E-state index in [1.54, 1.807) is 38.5 Å². The van der Waals surface area contributed by atoms with Gasteiger partial charge in [-0.25, -0.2) is 9.59 Å². The Morgan fingerprint density at radius 3 is 2.53 bits per heavy atom. The summed E-state index contributed by atoms with van der Waals surface area (Å²) >= 11 is 6.70. The van der Waals surface area contributed by atoms with Crippen LogP contribution in [-0.2, 0) is 39.0 Å². The first-order valence-corrected chi connectivity index (χ1v) is 16.3. The minimum atomic E-state index is -0.706. The molecule has 0 aliphatic carbocycles. The summed E-state index contributed by atoms with van der Waals surface area (Å²) in [5.41, 5.74) is 7.82. The van der Waals surface area contributed by atoms with Crippen LogP contribution in [-0.4, -0.2) is 51.2 Å². The van der Waals surface area contributed by atoms with Gasteiger partial charge in [0.15, 0.2) is 0 Å². The Balaban J connectivity index is 1.30. The molecule has 4 rings (SSSR count). The highest BCUT2D eigenvalue weighted by molar-refractivity contribution is 6.32. The van der Waals surface area contributed by atoms with E-state index in [-0.39, 0.29) is 31.0 Å². The number of hydrogen-bond donors (Lipinski definition) is 3. The van der Waals surface area contributed by atoms with Crippen LogP contribution in [0.15, 0.2) is 41.2 Å². The molecule has 2 atom stereocenters. The van der Waals surface area contributed by atoms with Crippen molar-refractivity contribution in [1.82, 2.24) is 19.8 Å². The van der Waals surface area contributed by atoms with Gasteiger partial charge in [-0.05, 0) is 88.6 Å². The number of benzene rings is 2. The number of halogens is 1. The van der Waals surface area contributed by atoms with Gasteiger partial charge in [-0.2, -0.15) is 0 Å². The molecule has 2 aromatic carbocycles. The Hall–Kier alpha value is -4.32. The fourth-order valence-electron chi connectivity index (χ4n) is 5.65. The molecule has 1 aliphatic heterocycles. The summed E-state index contributed by atoms with van der Waals surface area (Å²) in [5, 5.41) is 5.59. The maximum Gasteiger partial charge on any atom is 0.407 e. The van der Waals surface area contributed by atoms with Crippen molar-refractivity contribution in [3.8, 4) is 5.75 Å². The predicted molar refractivity (Wildman–Crippen MR) is 178 cm³/mol. The lowest BCUT2D eigenvalue weighted by Gasteiger charge is -2.24. The van der Waals surface area contributed by atoms with Crippen LogP contribution in [0.2, 0.25) is 5.02 Å². The summed E-state index contributed by atoms with van der Waals surface area (Å²) in [6.07, 6.45) is 4.62. The number of ether oxygens (including phenoxy) is 2. The smallest absolute Gasteiger partial charge is 0.407 e. The highest BCUT2D eigenvalue weighted by Crippen LogP contribution is 2.30. The minimum absolute atomic E-state index is 0.0820. The van der Waals surface area contributed by atoms with Crippen LogP contribution in [0.1, 0.15) is 82.9 Å². The molecule has 12 nitrogen and oxygen atoms in total. The van der Waals surface area contributed by atoms with Gasteiger partial charge in [0, 0.05) is 19.9 Å². The molecule has 2 heterocycles. The number of carbonyl (C=O) groups is 4. The minimum Gasteiger partial charge on any atom is -0.490 e. The number of alkyl carbamates (subject to hydrolysis) is 1. The molecule has 0 spiro atoms. The summed E-state index contributed by atoms with van der Waals surface area (Å²) in [7, 11) is 1.69. The van der Waals surface area contributed by atoms with Crippen LogP contribution in [0.5, 0.6) is 5.75 Å². The summed E-state index contributed by atoms with van der Waals surface area (Å²) in [4.78, 5) is 60.7. The topological polar surface area (TPSA) is 164 Å². The summed E-state index contributed by atoms with van der Waals surface area (Å²) in [6, 6.07) is 10.2. The fourth-order valence-corrected chi connectivity index (χ4v) is 5.93. The van der Waals surface area contributed by atoms with E-state index in [0.717, 1.165) is 48.7 Å². The number of imide groups is 1. The molecule has 1 aliphatic rings. The Bertz CT molecular complexity index is 1690. The number of fused-ring (bicyclic) bond motifs is 1. The number of nitrogens with two attached hydrogens (primary N) is 1. The second-order valence-electron chi connectivity index (χ2n) is 13.0. The first-order chi connectivity index (χ1) is 22.2. The lowest BCUT2D eigenvalue weighted by atomic mass is 10.0. The Labute approximate surface area is 278 Å². The first kappa shape index (κ1) is 35.5. The number of aryl methyl sites for hydroxylation is 3. The van der Waals surface area contributed by atoms with Crippen LogP contribution in [0, 0.1) is 0 Å². The van der Waals surface area contributed by atoms with E-state index in [2.05, 4.69) is 10.6 Å². The Morgan fingerprint density at radius 1 is 1.09 bits per heavy atom. The lowest BCUT2D eigenvalue weighted by molar-refractivity contribution is -0.135. The first-order valence-electron chi connectivity index (χ1n) is 15.9. The number of primary amides is 1. The maximum absolute atomic E-state index is 13.0. The van der Waals surface area contributed by atoms with Crippen LogP contribution in [0.25, 0.3) is 11.0 Å². The van der Waals surface area contributed by atoms with Gasteiger partial charge in [-0.15, -0.1) is 0 Å². The zero-order valence-corrected chi connectivity index (χ0v) is 28.2. The van der Waals surface area contributed by atoms with Gasteiger partial charge in [-0.3, -0.25) is 28.8 Å². The number of amides is 4.